The fourth-order valence-corrected chi connectivity index (χ4v) is 3.95. The first kappa shape index (κ1) is 42.0. The van der Waals surface area contributed by atoms with Crippen LogP contribution in [0.15, 0.2) is 0 Å². The van der Waals surface area contributed by atoms with E-state index in [2.05, 4.69) is 16.0 Å². The van der Waals surface area contributed by atoms with Crippen molar-refractivity contribution in [3.63, 3.8) is 0 Å². The summed E-state index contributed by atoms with van der Waals surface area (Å²) in [5.74, 6) is -0.666. The van der Waals surface area contributed by atoms with Gasteiger partial charge in [-0.3, -0.25) is 14.9 Å². The first-order valence-corrected chi connectivity index (χ1v) is 15.8. The van der Waals surface area contributed by atoms with E-state index in [1.54, 1.807) is 41.7 Å². The minimum absolute atomic E-state index is 0.183. The van der Waals surface area contributed by atoms with E-state index in [0.717, 1.165) is 12.8 Å². The largest absolute Gasteiger partial charge is 0.444 e. The fraction of sp³-hybridized carbons (Fsp3) is 0.906. The number of amides is 3. The predicted molar refractivity (Wildman–Crippen MR) is 172 cm³/mol. The standard InChI is InChI=1S/C32H64N4O8/c1-28(2,3)44-27(39)36-32(10,11)42-21-16-29(4,5)35-26(38)24(15-13-14-19-33)34-25(37)23-43-31(8,9)18-22-41-30(6,7)17-20-40-12/h24H,13-23,33H2,1-12H3,(H,34,37)(H,35,38)(H,36,39)/t24-/m0/s1. The summed E-state index contributed by atoms with van der Waals surface area (Å²) >= 11 is 0. The van der Waals surface area contributed by atoms with Gasteiger partial charge in [0.2, 0.25) is 11.8 Å². The number of alkyl carbamates (subject to hydrolysis) is 1. The SMILES string of the molecule is COCCC(C)(C)OCCC(C)(C)OCC(=O)N[C@@H](CCCCN)C(=O)NC(C)(C)CCOC(C)(C)NC(=O)OC(C)(C)C. The molecule has 0 heterocycles. The lowest BCUT2D eigenvalue weighted by Gasteiger charge is -2.32. The topological polar surface area (TPSA) is 159 Å². The van der Waals surface area contributed by atoms with E-state index in [1.807, 2.05) is 41.5 Å². The Kier molecular flexibility index (Phi) is 18.0. The number of nitrogens with one attached hydrogen (secondary N) is 3. The van der Waals surface area contributed by atoms with Gasteiger partial charge in [-0.05, 0) is 121 Å². The van der Waals surface area contributed by atoms with Crippen LogP contribution in [-0.2, 0) is 33.3 Å². The Balaban J connectivity index is 4.97. The number of rotatable bonds is 22. The summed E-state index contributed by atoms with van der Waals surface area (Å²) in [4.78, 5) is 38.3. The van der Waals surface area contributed by atoms with Gasteiger partial charge in [-0.15, -0.1) is 0 Å². The molecular weight excluding hydrogens is 568 g/mol. The van der Waals surface area contributed by atoms with Gasteiger partial charge in [-0.25, -0.2) is 4.79 Å². The van der Waals surface area contributed by atoms with Gasteiger partial charge in [0.1, 0.15) is 24.0 Å². The molecule has 0 rings (SSSR count). The third kappa shape index (κ3) is 21.7. The molecule has 0 bridgehead atoms. The molecule has 3 amide bonds. The summed E-state index contributed by atoms with van der Waals surface area (Å²) in [5.41, 5.74) is 2.50. The second kappa shape index (κ2) is 18.9. The highest BCUT2D eigenvalue weighted by atomic mass is 16.6. The zero-order chi connectivity index (χ0) is 34.2. The molecule has 44 heavy (non-hydrogen) atoms. The molecule has 1 atom stereocenters. The molecule has 260 valence electrons. The Morgan fingerprint density at radius 3 is 1.86 bits per heavy atom. The highest BCUT2D eigenvalue weighted by molar-refractivity contribution is 5.88. The Morgan fingerprint density at radius 1 is 0.727 bits per heavy atom. The van der Waals surface area contributed by atoms with Crippen molar-refractivity contribution >= 4 is 17.9 Å². The van der Waals surface area contributed by atoms with Crippen LogP contribution in [0.1, 0.15) is 115 Å². The van der Waals surface area contributed by atoms with Crippen molar-refractivity contribution in [1.29, 1.82) is 0 Å². The number of ether oxygens (including phenoxy) is 5. The number of nitrogens with two attached hydrogens (primary N) is 1. The first-order valence-electron chi connectivity index (χ1n) is 15.8. The van der Waals surface area contributed by atoms with Gasteiger partial charge in [0.15, 0.2) is 0 Å². The van der Waals surface area contributed by atoms with Crippen molar-refractivity contribution in [1.82, 2.24) is 16.0 Å². The van der Waals surface area contributed by atoms with Crippen molar-refractivity contribution in [3.8, 4) is 0 Å². The third-order valence-corrected chi connectivity index (χ3v) is 6.75. The molecule has 0 aliphatic heterocycles. The van der Waals surface area contributed by atoms with E-state index in [9.17, 15) is 14.4 Å². The third-order valence-electron chi connectivity index (χ3n) is 6.75. The van der Waals surface area contributed by atoms with E-state index < -0.39 is 34.6 Å². The quantitative estimate of drug-likeness (QED) is 0.101. The highest BCUT2D eigenvalue weighted by Gasteiger charge is 2.30. The van der Waals surface area contributed by atoms with Crippen molar-refractivity contribution in [2.75, 3.05) is 40.1 Å². The molecule has 0 aromatic rings. The number of hydrogen-bond donors (Lipinski definition) is 4. The molecule has 0 spiro atoms. The second-order valence-corrected chi connectivity index (χ2v) is 14.7. The smallest absolute Gasteiger partial charge is 0.409 e. The highest BCUT2D eigenvalue weighted by Crippen LogP contribution is 2.20. The fourth-order valence-electron chi connectivity index (χ4n) is 3.95. The van der Waals surface area contributed by atoms with Crippen LogP contribution < -0.4 is 21.7 Å². The molecule has 0 unspecified atom stereocenters. The Morgan fingerprint density at radius 2 is 1.30 bits per heavy atom. The molecule has 0 aliphatic rings. The molecule has 0 aromatic heterocycles. The molecule has 0 saturated heterocycles. The van der Waals surface area contributed by atoms with Crippen LogP contribution in [0.2, 0.25) is 0 Å². The lowest BCUT2D eigenvalue weighted by atomic mass is 9.99. The number of unbranched alkanes of at least 4 members (excludes halogenated alkanes) is 1. The van der Waals surface area contributed by atoms with Crippen molar-refractivity contribution in [3.05, 3.63) is 0 Å². The number of hydrogen-bond acceptors (Lipinski definition) is 9. The van der Waals surface area contributed by atoms with Crippen LogP contribution in [0.4, 0.5) is 4.79 Å². The van der Waals surface area contributed by atoms with Gasteiger partial charge in [-0.1, -0.05) is 0 Å². The number of carbonyl (C=O) groups excluding carboxylic acids is 3. The van der Waals surface area contributed by atoms with E-state index in [-0.39, 0.29) is 30.6 Å². The number of carbonyl (C=O) groups is 3. The minimum Gasteiger partial charge on any atom is -0.444 e. The summed E-state index contributed by atoms with van der Waals surface area (Å²) in [6.07, 6.45) is 3.12. The van der Waals surface area contributed by atoms with Crippen LogP contribution in [0.3, 0.4) is 0 Å². The molecule has 12 nitrogen and oxygen atoms in total. The maximum atomic E-state index is 13.3. The van der Waals surface area contributed by atoms with Gasteiger partial charge >= 0.3 is 6.09 Å². The van der Waals surface area contributed by atoms with Gasteiger partial charge < -0.3 is 40.1 Å². The zero-order valence-corrected chi connectivity index (χ0v) is 29.7. The lowest BCUT2D eigenvalue weighted by molar-refractivity contribution is -0.137. The Hall–Kier alpha value is -1.99. The summed E-state index contributed by atoms with van der Waals surface area (Å²) in [6, 6.07) is -0.740. The van der Waals surface area contributed by atoms with Crippen LogP contribution in [0.5, 0.6) is 0 Å². The monoisotopic (exact) mass is 632 g/mol. The van der Waals surface area contributed by atoms with Crippen LogP contribution >= 0.6 is 0 Å². The number of methoxy groups -OCH3 is 1. The summed E-state index contributed by atoms with van der Waals surface area (Å²) in [5, 5.41) is 8.58. The molecule has 0 aromatic carbocycles. The van der Waals surface area contributed by atoms with Crippen molar-refractivity contribution in [2.24, 2.45) is 5.73 Å². The van der Waals surface area contributed by atoms with Crippen molar-refractivity contribution < 1.29 is 38.1 Å². The molecule has 5 N–H and O–H groups in total. The van der Waals surface area contributed by atoms with Gasteiger partial charge in [-0.2, -0.15) is 0 Å². The first-order chi connectivity index (χ1) is 20.0. The summed E-state index contributed by atoms with van der Waals surface area (Å²) in [7, 11) is 1.66. The van der Waals surface area contributed by atoms with E-state index in [0.29, 0.717) is 45.4 Å². The maximum Gasteiger partial charge on any atom is 0.409 e. The average molecular weight is 633 g/mol. The van der Waals surface area contributed by atoms with Crippen molar-refractivity contribution in [2.45, 2.75) is 149 Å². The summed E-state index contributed by atoms with van der Waals surface area (Å²) in [6.45, 7) is 22.1. The minimum atomic E-state index is -0.971. The zero-order valence-electron chi connectivity index (χ0n) is 29.7. The van der Waals surface area contributed by atoms with E-state index in [1.165, 1.54) is 0 Å². The van der Waals surface area contributed by atoms with E-state index in [4.69, 9.17) is 29.4 Å². The molecule has 0 aliphatic carbocycles. The molecule has 0 fully saturated rings. The maximum absolute atomic E-state index is 13.3. The molecule has 0 radical (unpaired) electrons. The van der Waals surface area contributed by atoms with Crippen LogP contribution in [0.25, 0.3) is 0 Å². The Labute approximate surface area is 266 Å². The molecule has 12 heteroatoms. The van der Waals surface area contributed by atoms with Gasteiger partial charge in [0.25, 0.3) is 0 Å². The van der Waals surface area contributed by atoms with Crippen LogP contribution in [-0.4, -0.2) is 92.1 Å². The molecular formula is C32H64N4O8. The normalized spacial score (nSPS) is 13.8. The van der Waals surface area contributed by atoms with Crippen LogP contribution in [0, 0.1) is 0 Å². The van der Waals surface area contributed by atoms with Gasteiger partial charge in [0, 0.05) is 19.3 Å². The summed E-state index contributed by atoms with van der Waals surface area (Å²) < 4.78 is 28.2. The second-order valence-electron chi connectivity index (χ2n) is 14.7. The molecule has 0 saturated carbocycles. The van der Waals surface area contributed by atoms with E-state index >= 15 is 0 Å². The van der Waals surface area contributed by atoms with Gasteiger partial charge in [0.05, 0.1) is 24.4 Å². The average Bonchev–Trinajstić information content (AvgIpc) is 2.83. The predicted octanol–water partition coefficient (Wildman–Crippen LogP) is 4.18. The Bertz CT molecular complexity index is 869. The lowest BCUT2D eigenvalue weighted by Crippen LogP contribution is -2.54.